The van der Waals surface area contributed by atoms with Gasteiger partial charge in [-0.15, -0.1) is 0 Å². The van der Waals surface area contributed by atoms with Crippen molar-refractivity contribution in [2.45, 2.75) is 31.5 Å². The zero-order chi connectivity index (χ0) is 12.3. The van der Waals surface area contributed by atoms with Gasteiger partial charge >= 0.3 is 6.18 Å². The van der Waals surface area contributed by atoms with E-state index in [-0.39, 0.29) is 18.9 Å². The Morgan fingerprint density at radius 3 is 2.35 bits per heavy atom. The molecule has 94 valence electrons. The van der Waals surface area contributed by atoms with Crippen molar-refractivity contribution in [3.8, 4) is 0 Å². The summed E-state index contributed by atoms with van der Waals surface area (Å²) in [6.07, 6.45) is -3.09. The largest absolute Gasteiger partial charge is 0.391 e. The van der Waals surface area contributed by atoms with Gasteiger partial charge in [0.2, 0.25) is 0 Å². The highest BCUT2D eigenvalue weighted by atomic mass is 19.4. The molecule has 1 aromatic carbocycles. The van der Waals surface area contributed by atoms with Crippen LogP contribution >= 0.6 is 0 Å². The lowest BCUT2D eigenvalue weighted by molar-refractivity contribution is -0.176. The van der Waals surface area contributed by atoms with Crippen LogP contribution in [0.25, 0.3) is 0 Å². The molecule has 1 fully saturated rings. The molecule has 1 saturated heterocycles. The molecule has 17 heavy (non-hydrogen) atoms. The van der Waals surface area contributed by atoms with Crippen LogP contribution in [-0.4, -0.2) is 12.7 Å². The van der Waals surface area contributed by atoms with E-state index in [9.17, 15) is 13.2 Å². The first-order valence-corrected chi connectivity index (χ1v) is 5.92. The second kappa shape index (κ2) is 5.08. The minimum Gasteiger partial charge on any atom is -0.310 e. The average Bonchev–Trinajstić information content (AvgIpc) is 2.55. The summed E-state index contributed by atoms with van der Waals surface area (Å²) in [5.74, 6) is -1.15. The maximum absolute atomic E-state index is 12.6. The normalized spacial score (nSPS) is 26.5. The van der Waals surface area contributed by atoms with Gasteiger partial charge in [0.05, 0.1) is 5.92 Å². The third-order valence-electron chi connectivity index (χ3n) is 3.35. The van der Waals surface area contributed by atoms with Gasteiger partial charge in [0.25, 0.3) is 0 Å². The molecule has 0 spiro atoms. The van der Waals surface area contributed by atoms with Crippen LogP contribution in [0.15, 0.2) is 30.3 Å². The summed E-state index contributed by atoms with van der Waals surface area (Å²) >= 11 is 0. The molecule has 0 amide bonds. The third kappa shape index (κ3) is 3.22. The summed E-state index contributed by atoms with van der Waals surface area (Å²) in [6.45, 7) is 0.434. The standard InChI is InChI=1S/C13H16F3N/c14-13(15,16)11-6-7-12(17-9-8-11)10-4-2-1-3-5-10/h1-5,11-12,17H,6-9H2/t11-,12+/m1/s1. The van der Waals surface area contributed by atoms with E-state index in [0.29, 0.717) is 13.0 Å². The van der Waals surface area contributed by atoms with Crippen molar-refractivity contribution in [3.05, 3.63) is 35.9 Å². The van der Waals surface area contributed by atoms with Crippen molar-refractivity contribution in [1.29, 1.82) is 0 Å². The SMILES string of the molecule is FC(F)(F)[C@H]1CCN[C@H](c2ccccc2)CC1. The van der Waals surface area contributed by atoms with Crippen molar-refractivity contribution in [2.24, 2.45) is 5.92 Å². The first-order valence-electron chi connectivity index (χ1n) is 5.92. The number of halogens is 3. The zero-order valence-corrected chi connectivity index (χ0v) is 9.50. The number of benzene rings is 1. The van der Waals surface area contributed by atoms with E-state index >= 15 is 0 Å². The Hall–Kier alpha value is -1.03. The van der Waals surface area contributed by atoms with E-state index in [1.165, 1.54) is 0 Å². The Labute approximate surface area is 99.0 Å². The molecule has 1 aromatic rings. The topological polar surface area (TPSA) is 12.0 Å². The van der Waals surface area contributed by atoms with Gasteiger partial charge in [0.15, 0.2) is 0 Å². The van der Waals surface area contributed by atoms with Crippen molar-refractivity contribution in [1.82, 2.24) is 5.32 Å². The van der Waals surface area contributed by atoms with Gasteiger partial charge in [0, 0.05) is 6.04 Å². The summed E-state index contributed by atoms with van der Waals surface area (Å²) in [6, 6.07) is 9.74. The van der Waals surface area contributed by atoms with Crippen LogP contribution in [0.1, 0.15) is 30.9 Å². The van der Waals surface area contributed by atoms with Gasteiger partial charge in [-0.25, -0.2) is 0 Å². The molecule has 1 aliphatic heterocycles. The number of nitrogens with one attached hydrogen (secondary N) is 1. The van der Waals surface area contributed by atoms with Crippen LogP contribution < -0.4 is 5.32 Å². The van der Waals surface area contributed by atoms with Crippen molar-refractivity contribution >= 4 is 0 Å². The fourth-order valence-corrected chi connectivity index (χ4v) is 2.34. The number of hydrogen-bond acceptors (Lipinski definition) is 1. The average molecular weight is 243 g/mol. The molecule has 4 heteroatoms. The predicted molar refractivity (Wildman–Crippen MR) is 60.6 cm³/mol. The molecule has 2 rings (SSSR count). The molecule has 2 atom stereocenters. The Bertz CT molecular complexity index is 347. The summed E-state index contributed by atoms with van der Waals surface area (Å²) in [5.41, 5.74) is 1.08. The molecular weight excluding hydrogens is 227 g/mol. The first kappa shape index (κ1) is 12.4. The smallest absolute Gasteiger partial charge is 0.310 e. The number of hydrogen-bond donors (Lipinski definition) is 1. The highest BCUT2D eigenvalue weighted by molar-refractivity contribution is 5.19. The van der Waals surface area contributed by atoms with E-state index in [4.69, 9.17) is 0 Å². The van der Waals surface area contributed by atoms with Crippen LogP contribution in [0.3, 0.4) is 0 Å². The van der Waals surface area contributed by atoms with Gasteiger partial charge in [0.1, 0.15) is 0 Å². The lowest BCUT2D eigenvalue weighted by Gasteiger charge is -2.18. The van der Waals surface area contributed by atoms with Crippen LogP contribution in [0.4, 0.5) is 13.2 Å². The Morgan fingerprint density at radius 2 is 1.71 bits per heavy atom. The predicted octanol–water partition coefficient (Wildman–Crippen LogP) is 3.68. The molecule has 0 aliphatic carbocycles. The third-order valence-corrected chi connectivity index (χ3v) is 3.35. The maximum atomic E-state index is 12.6. The molecule has 0 radical (unpaired) electrons. The zero-order valence-electron chi connectivity index (χ0n) is 9.50. The quantitative estimate of drug-likeness (QED) is 0.793. The highest BCUT2D eigenvalue weighted by Crippen LogP contribution is 2.36. The molecule has 0 aromatic heterocycles. The summed E-state index contributed by atoms with van der Waals surface area (Å²) < 4.78 is 37.9. The van der Waals surface area contributed by atoms with E-state index in [1.807, 2.05) is 30.3 Å². The van der Waals surface area contributed by atoms with Crippen molar-refractivity contribution < 1.29 is 13.2 Å². The Morgan fingerprint density at radius 1 is 1.00 bits per heavy atom. The van der Waals surface area contributed by atoms with Gasteiger partial charge in [-0.1, -0.05) is 30.3 Å². The fraction of sp³-hybridized carbons (Fsp3) is 0.538. The van der Waals surface area contributed by atoms with Gasteiger partial charge in [-0.3, -0.25) is 0 Å². The van der Waals surface area contributed by atoms with Gasteiger partial charge in [-0.05, 0) is 31.4 Å². The molecule has 0 unspecified atom stereocenters. The maximum Gasteiger partial charge on any atom is 0.391 e. The fourth-order valence-electron chi connectivity index (χ4n) is 2.34. The molecule has 0 saturated carbocycles. The second-order valence-corrected chi connectivity index (χ2v) is 4.52. The van der Waals surface area contributed by atoms with Crippen LogP contribution in [0, 0.1) is 5.92 Å². The van der Waals surface area contributed by atoms with Gasteiger partial charge < -0.3 is 5.32 Å². The highest BCUT2D eigenvalue weighted by Gasteiger charge is 2.40. The Kier molecular flexibility index (Phi) is 3.72. The van der Waals surface area contributed by atoms with E-state index < -0.39 is 12.1 Å². The lowest BCUT2D eigenvalue weighted by Crippen LogP contribution is -2.24. The lowest BCUT2D eigenvalue weighted by atomic mass is 9.96. The van der Waals surface area contributed by atoms with Crippen molar-refractivity contribution in [3.63, 3.8) is 0 Å². The molecule has 0 bridgehead atoms. The van der Waals surface area contributed by atoms with Crippen LogP contribution in [0.2, 0.25) is 0 Å². The molecule has 1 heterocycles. The number of rotatable bonds is 1. The minimum atomic E-state index is -4.05. The van der Waals surface area contributed by atoms with Gasteiger partial charge in [-0.2, -0.15) is 13.2 Å². The Balaban J connectivity index is 2.01. The van der Waals surface area contributed by atoms with Crippen LogP contribution in [-0.2, 0) is 0 Å². The van der Waals surface area contributed by atoms with E-state index in [1.54, 1.807) is 0 Å². The molecule has 1 aliphatic rings. The summed E-state index contributed by atoms with van der Waals surface area (Å²) in [7, 11) is 0. The monoisotopic (exact) mass is 243 g/mol. The first-order chi connectivity index (χ1) is 8.07. The number of alkyl halides is 3. The minimum absolute atomic E-state index is 0.0588. The van der Waals surface area contributed by atoms with E-state index in [0.717, 1.165) is 5.56 Å². The van der Waals surface area contributed by atoms with E-state index in [2.05, 4.69) is 5.32 Å². The molecule has 1 N–H and O–H groups in total. The van der Waals surface area contributed by atoms with Crippen molar-refractivity contribution in [2.75, 3.05) is 6.54 Å². The van der Waals surface area contributed by atoms with Crippen LogP contribution in [0.5, 0.6) is 0 Å². The summed E-state index contributed by atoms with van der Waals surface area (Å²) in [5, 5.41) is 3.20. The molecular formula is C13H16F3N. The molecule has 1 nitrogen and oxygen atoms in total. The summed E-state index contributed by atoms with van der Waals surface area (Å²) in [4.78, 5) is 0. The second-order valence-electron chi connectivity index (χ2n) is 4.52.